The van der Waals surface area contributed by atoms with E-state index in [0.29, 0.717) is 11.3 Å². The number of alkyl halides is 3. The molecule has 0 bridgehead atoms. The van der Waals surface area contributed by atoms with E-state index in [1.807, 2.05) is 0 Å². The van der Waals surface area contributed by atoms with Gasteiger partial charge in [0, 0.05) is 6.04 Å². The van der Waals surface area contributed by atoms with E-state index in [-0.39, 0.29) is 24.2 Å². The Labute approximate surface area is 171 Å². The molecular formula is C21H22F3N3O3. The van der Waals surface area contributed by atoms with Crippen molar-refractivity contribution in [2.45, 2.75) is 38.1 Å². The largest absolute Gasteiger partial charge is 0.573 e. The number of ether oxygens (including phenoxy) is 1. The number of rotatable bonds is 7. The van der Waals surface area contributed by atoms with Gasteiger partial charge in [0.25, 0.3) is 5.91 Å². The van der Waals surface area contributed by atoms with Crippen LogP contribution in [0, 0.1) is 0 Å². The maximum atomic E-state index is 12.6. The summed E-state index contributed by atoms with van der Waals surface area (Å²) in [6.45, 7) is -0.309. The van der Waals surface area contributed by atoms with E-state index < -0.39 is 18.0 Å². The van der Waals surface area contributed by atoms with Gasteiger partial charge in [-0.05, 0) is 37.1 Å². The van der Waals surface area contributed by atoms with Crippen molar-refractivity contribution < 1.29 is 27.5 Å². The highest BCUT2D eigenvalue weighted by Crippen LogP contribution is 2.29. The molecule has 3 N–H and O–H groups in total. The fourth-order valence-electron chi connectivity index (χ4n) is 3.32. The maximum absolute atomic E-state index is 12.6. The Morgan fingerprint density at radius 2 is 1.60 bits per heavy atom. The van der Waals surface area contributed by atoms with E-state index in [9.17, 15) is 22.8 Å². The summed E-state index contributed by atoms with van der Waals surface area (Å²) in [5.41, 5.74) is 0.690. The van der Waals surface area contributed by atoms with Gasteiger partial charge in [-0.2, -0.15) is 0 Å². The molecule has 160 valence electrons. The standard InChI is InChI=1S/C21H22F3N3O3/c22-21(23,24)30-18-12-6-5-11-17(18)25-13-19(28)27-16-10-4-3-9-15(16)20(29)26-14-7-1-2-8-14/h3-6,9-12,14,25H,1-2,7-8,13H2,(H,26,29)(H,27,28). The lowest BCUT2D eigenvalue weighted by Crippen LogP contribution is -2.33. The molecule has 0 radical (unpaired) electrons. The Kier molecular flexibility index (Phi) is 6.81. The zero-order valence-corrected chi connectivity index (χ0v) is 16.1. The summed E-state index contributed by atoms with van der Waals surface area (Å²) in [6, 6.07) is 12.2. The highest BCUT2D eigenvalue weighted by molar-refractivity contribution is 6.04. The lowest BCUT2D eigenvalue weighted by Gasteiger charge is -2.16. The normalized spacial score (nSPS) is 14.2. The fraction of sp³-hybridized carbons (Fsp3) is 0.333. The van der Waals surface area contributed by atoms with Gasteiger partial charge in [0.2, 0.25) is 5.91 Å². The van der Waals surface area contributed by atoms with Crippen LogP contribution in [0.3, 0.4) is 0 Å². The van der Waals surface area contributed by atoms with Crippen molar-refractivity contribution in [1.29, 1.82) is 0 Å². The molecule has 0 heterocycles. The van der Waals surface area contributed by atoms with Crippen LogP contribution in [0.1, 0.15) is 36.0 Å². The van der Waals surface area contributed by atoms with Crippen molar-refractivity contribution in [3.05, 3.63) is 54.1 Å². The predicted octanol–water partition coefficient (Wildman–Crippen LogP) is 4.31. The number of anilines is 2. The lowest BCUT2D eigenvalue weighted by atomic mass is 10.1. The summed E-state index contributed by atoms with van der Waals surface area (Å²) in [4.78, 5) is 24.9. The lowest BCUT2D eigenvalue weighted by molar-refractivity contribution is -0.274. The first kappa shape index (κ1) is 21.5. The molecule has 2 amide bonds. The van der Waals surface area contributed by atoms with Gasteiger partial charge in [0.15, 0.2) is 5.75 Å². The van der Waals surface area contributed by atoms with Crippen LogP contribution >= 0.6 is 0 Å². The second-order valence-corrected chi connectivity index (χ2v) is 6.95. The molecule has 0 saturated heterocycles. The third kappa shape index (κ3) is 6.13. The van der Waals surface area contributed by atoms with Crippen LogP contribution in [-0.2, 0) is 4.79 Å². The van der Waals surface area contributed by atoms with Gasteiger partial charge < -0.3 is 20.7 Å². The first-order chi connectivity index (χ1) is 14.3. The molecule has 0 aromatic heterocycles. The van der Waals surface area contributed by atoms with Gasteiger partial charge in [-0.3, -0.25) is 9.59 Å². The van der Waals surface area contributed by atoms with Gasteiger partial charge in [0.1, 0.15) is 0 Å². The SMILES string of the molecule is O=C(CNc1ccccc1OC(F)(F)F)Nc1ccccc1C(=O)NC1CCCC1. The van der Waals surface area contributed by atoms with Crippen molar-refractivity contribution in [3.63, 3.8) is 0 Å². The number of hydrogen-bond donors (Lipinski definition) is 3. The number of carbonyl (C=O) groups is 2. The second-order valence-electron chi connectivity index (χ2n) is 6.95. The number of para-hydroxylation sites is 3. The third-order valence-corrected chi connectivity index (χ3v) is 4.69. The molecule has 9 heteroatoms. The van der Waals surface area contributed by atoms with E-state index in [0.717, 1.165) is 31.7 Å². The van der Waals surface area contributed by atoms with E-state index >= 15 is 0 Å². The molecule has 1 aliphatic rings. The molecule has 2 aromatic carbocycles. The summed E-state index contributed by atoms with van der Waals surface area (Å²) in [5, 5.41) is 8.22. The van der Waals surface area contributed by atoms with Crippen LogP contribution in [0.2, 0.25) is 0 Å². The van der Waals surface area contributed by atoms with Crippen LogP contribution in [-0.4, -0.2) is 30.8 Å². The van der Waals surface area contributed by atoms with Gasteiger partial charge in [-0.25, -0.2) is 0 Å². The number of halogens is 3. The van der Waals surface area contributed by atoms with Crippen molar-refractivity contribution >= 4 is 23.2 Å². The molecule has 30 heavy (non-hydrogen) atoms. The van der Waals surface area contributed by atoms with Crippen LogP contribution < -0.4 is 20.7 Å². The average Bonchev–Trinajstić information content (AvgIpc) is 3.19. The van der Waals surface area contributed by atoms with Crippen LogP contribution in [0.15, 0.2) is 48.5 Å². The summed E-state index contributed by atoms with van der Waals surface area (Å²) >= 11 is 0. The van der Waals surface area contributed by atoms with E-state index in [4.69, 9.17) is 0 Å². The highest BCUT2D eigenvalue weighted by Gasteiger charge is 2.32. The van der Waals surface area contributed by atoms with Gasteiger partial charge in [0.05, 0.1) is 23.5 Å². The molecule has 1 saturated carbocycles. The van der Waals surface area contributed by atoms with Crippen LogP contribution in [0.4, 0.5) is 24.5 Å². The molecular weight excluding hydrogens is 399 g/mol. The number of benzene rings is 2. The minimum Gasteiger partial charge on any atom is -0.404 e. The zero-order valence-electron chi connectivity index (χ0n) is 16.1. The van der Waals surface area contributed by atoms with Gasteiger partial charge in [-0.15, -0.1) is 13.2 Å². The summed E-state index contributed by atoms with van der Waals surface area (Å²) in [6.07, 6.45) is -0.818. The molecule has 0 unspecified atom stereocenters. The summed E-state index contributed by atoms with van der Waals surface area (Å²) < 4.78 is 41.5. The monoisotopic (exact) mass is 421 g/mol. The average molecular weight is 421 g/mol. The smallest absolute Gasteiger partial charge is 0.404 e. The van der Waals surface area contributed by atoms with Crippen molar-refractivity contribution in [2.24, 2.45) is 0 Å². The summed E-state index contributed by atoms with van der Waals surface area (Å²) in [5.74, 6) is -1.22. The first-order valence-corrected chi connectivity index (χ1v) is 9.60. The Bertz CT molecular complexity index is 896. The van der Waals surface area contributed by atoms with E-state index in [1.54, 1.807) is 24.3 Å². The Morgan fingerprint density at radius 3 is 2.30 bits per heavy atom. The summed E-state index contributed by atoms with van der Waals surface area (Å²) in [7, 11) is 0. The van der Waals surface area contributed by atoms with Crippen molar-refractivity contribution in [1.82, 2.24) is 5.32 Å². The maximum Gasteiger partial charge on any atom is 0.573 e. The second kappa shape index (κ2) is 9.51. The number of amides is 2. The minimum absolute atomic E-state index is 0.0252. The molecule has 0 spiro atoms. The number of nitrogens with one attached hydrogen (secondary N) is 3. The van der Waals surface area contributed by atoms with Gasteiger partial charge >= 0.3 is 6.36 Å². The Hall–Kier alpha value is -3.23. The first-order valence-electron chi connectivity index (χ1n) is 9.60. The molecule has 3 rings (SSSR count). The number of carbonyl (C=O) groups excluding carboxylic acids is 2. The Balaban J connectivity index is 1.61. The van der Waals surface area contributed by atoms with Crippen LogP contribution in [0.25, 0.3) is 0 Å². The molecule has 1 fully saturated rings. The quantitative estimate of drug-likeness (QED) is 0.623. The zero-order chi connectivity index (χ0) is 21.6. The van der Waals surface area contributed by atoms with Gasteiger partial charge in [-0.1, -0.05) is 37.1 Å². The van der Waals surface area contributed by atoms with Crippen molar-refractivity contribution in [2.75, 3.05) is 17.2 Å². The fourth-order valence-corrected chi connectivity index (χ4v) is 3.32. The molecule has 0 atom stereocenters. The minimum atomic E-state index is -4.84. The predicted molar refractivity (Wildman–Crippen MR) is 106 cm³/mol. The molecule has 2 aromatic rings. The third-order valence-electron chi connectivity index (χ3n) is 4.69. The van der Waals surface area contributed by atoms with E-state index in [1.165, 1.54) is 18.2 Å². The molecule has 0 aliphatic heterocycles. The molecule has 6 nitrogen and oxygen atoms in total. The van der Waals surface area contributed by atoms with Crippen LogP contribution in [0.5, 0.6) is 5.75 Å². The molecule has 1 aliphatic carbocycles. The number of hydrogen-bond acceptors (Lipinski definition) is 4. The topological polar surface area (TPSA) is 79.5 Å². The van der Waals surface area contributed by atoms with Crippen molar-refractivity contribution in [3.8, 4) is 5.75 Å². The highest BCUT2D eigenvalue weighted by atomic mass is 19.4. The van der Waals surface area contributed by atoms with E-state index in [2.05, 4.69) is 20.7 Å². The Morgan fingerprint density at radius 1 is 0.967 bits per heavy atom.